The molecule has 0 saturated carbocycles. The number of hydrogen-bond donors (Lipinski definition) is 0. The fraction of sp³-hybridized carbons (Fsp3) is 0.278. The number of aromatic nitrogens is 1. The molecule has 0 aliphatic carbocycles. The average Bonchev–Trinajstić information content (AvgIpc) is 2.67. The summed E-state index contributed by atoms with van der Waals surface area (Å²) in [6, 6.07) is 13.6. The zero-order valence-corrected chi connectivity index (χ0v) is 13.6. The van der Waals surface area contributed by atoms with Gasteiger partial charge in [0.1, 0.15) is 5.69 Å². The van der Waals surface area contributed by atoms with Gasteiger partial charge < -0.3 is 14.7 Å². The highest BCUT2D eigenvalue weighted by Gasteiger charge is 2.22. The van der Waals surface area contributed by atoms with Gasteiger partial charge in [-0.25, -0.2) is 0 Å². The first-order valence-corrected chi connectivity index (χ1v) is 7.92. The lowest BCUT2D eigenvalue weighted by Crippen LogP contribution is -2.48. The van der Waals surface area contributed by atoms with Crippen LogP contribution in [0.15, 0.2) is 48.7 Å². The Morgan fingerprint density at radius 1 is 1.08 bits per heavy atom. The second-order valence-corrected chi connectivity index (χ2v) is 5.73. The van der Waals surface area contributed by atoms with Gasteiger partial charge in [-0.15, -0.1) is 0 Å². The van der Waals surface area contributed by atoms with Gasteiger partial charge in [0.05, 0.1) is 0 Å². The number of carbonyl (C=O) groups is 2. The van der Waals surface area contributed by atoms with Crippen molar-refractivity contribution in [2.45, 2.75) is 0 Å². The molecule has 2 heterocycles. The third kappa shape index (κ3) is 3.37. The van der Waals surface area contributed by atoms with Crippen molar-refractivity contribution in [2.75, 3.05) is 38.1 Å². The number of rotatable bonds is 4. The molecule has 124 valence electrons. The van der Waals surface area contributed by atoms with Gasteiger partial charge >= 0.3 is 0 Å². The first kappa shape index (κ1) is 16.0. The average molecular weight is 324 g/mol. The van der Waals surface area contributed by atoms with E-state index in [-0.39, 0.29) is 5.91 Å². The number of pyridine rings is 1. The molecule has 0 spiro atoms. The molecule has 24 heavy (non-hydrogen) atoms. The van der Waals surface area contributed by atoms with Gasteiger partial charge in [-0.3, -0.25) is 14.6 Å². The molecule has 6 heteroatoms. The van der Waals surface area contributed by atoms with Crippen LogP contribution >= 0.6 is 0 Å². The number of carbonyl (C=O) groups excluding carboxylic acids is 2. The van der Waals surface area contributed by atoms with Crippen LogP contribution in [0.3, 0.4) is 0 Å². The van der Waals surface area contributed by atoms with E-state index in [1.807, 2.05) is 48.3 Å². The molecule has 0 unspecified atom stereocenters. The van der Waals surface area contributed by atoms with Gasteiger partial charge in [0, 0.05) is 50.8 Å². The largest absolute Gasteiger partial charge is 0.345 e. The van der Waals surface area contributed by atoms with Crippen LogP contribution in [-0.4, -0.2) is 60.3 Å². The smallest absolute Gasteiger partial charge is 0.272 e. The van der Waals surface area contributed by atoms with Crippen molar-refractivity contribution in [3.8, 4) is 0 Å². The molecule has 1 aromatic carbocycles. The summed E-state index contributed by atoms with van der Waals surface area (Å²) >= 11 is 0. The quantitative estimate of drug-likeness (QED) is 0.804. The molecular formula is C18H20N4O2. The first-order chi connectivity index (χ1) is 11.7. The SMILES string of the molecule is CN(c1ccccc1)c1ccnc(C(=O)N2CCN(C=O)CC2)c1. The summed E-state index contributed by atoms with van der Waals surface area (Å²) < 4.78 is 0. The number of piperazine rings is 1. The summed E-state index contributed by atoms with van der Waals surface area (Å²) in [5.74, 6) is -0.0936. The molecule has 2 amide bonds. The summed E-state index contributed by atoms with van der Waals surface area (Å²) in [4.78, 5) is 33.1. The topological polar surface area (TPSA) is 56.8 Å². The summed E-state index contributed by atoms with van der Waals surface area (Å²) in [7, 11) is 1.96. The molecule has 0 atom stereocenters. The van der Waals surface area contributed by atoms with E-state index in [0.717, 1.165) is 17.8 Å². The van der Waals surface area contributed by atoms with Crippen molar-refractivity contribution in [1.29, 1.82) is 0 Å². The maximum absolute atomic E-state index is 12.6. The van der Waals surface area contributed by atoms with Gasteiger partial charge in [0.2, 0.25) is 6.41 Å². The van der Waals surface area contributed by atoms with Crippen molar-refractivity contribution in [2.24, 2.45) is 0 Å². The Labute approximate surface area is 141 Å². The third-order valence-electron chi connectivity index (χ3n) is 4.24. The molecule has 0 bridgehead atoms. The maximum atomic E-state index is 12.6. The normalized spacial score (nSPS) is 14.4. The van der Waals surface area contributed by atoms with Gasteiger partial charge in [0.25, 0.3) is 5.91 Å². The van der Waals surface area contributed by atoms with E-state index in [0.29, 0.717) is 31.9 Å². The maximum Gasteiger partial charge on any atom is 0.272 e. The summed E-state index contributed by atoms with van der Waals surface area (Å²) in [6.45, 7) is 2.22. The summed E-state index contributed by atoms with van der Waals surface area (Å²) in [5.41, 5.74) is 2.38. The summed E-state index contributed by atoms with van der Waals surface area (Å²) in [6.07, 6.45) is 2.49. The van der Waals surface area contributed by atoms with Crippen LogP contribution in [0.2, 0.25) is 0 Å². The van der Waals surface area contributed by atoms with Crippen LogP contribution in [0.1, 0.15) is 10.5 Å². The highest BCUT2D eigenvalue weighted by molar-refractivity contribution is 5.93. The van der Waals surface area contributed by atoms with E-state index in [1.165, 1.54) is 0 Å². The molecule has 1 saturated heterocycles. The number of para-hydroxylation sites is 1. The van der Waals surface area contributed by atoms with Crippen LogP contribution in [0, 0.1) is 0 Å². The molecular weight excluding hydrogens is 304 g/mol. The predicted octanol–water partition coefficient (Wildman–Crippen LogP) is 1.76. The van der Waals surface area contributed by atoms with Crippen molar-refractivity contribution < 1.29 is 9.59 Å². The zero-order chi connectivity index (χ0) is 16.9. The molecule has 1 aliphatic rings. The van der Waals surface area contributed by atoms with E-state index >= 15 is 0 Å². The van der Waals surface area contributed by atoms with Crippen molar-refractivity contribution in [1.82, 2.24) is 14.8 Å². The number of amides is 2. The minimum Gasteiger partial charge on any atom is -0.345 e. The zero-order valence-electron chi connectivity index (χ0n) is 13.6. The molecule has 2 aromatic rings. The van der Waals surface area contributed by atoms with Crippen LogP contribution < -0.4 is 4.90 Å². The highest BCUT2D eigenvalue weighted by Crippen LogP contribution is 2.23. The van der Waals surface area contributed by atoms with Gasteiger partial charge in [0.15, 0.2) is 0 Å². The Morgan fingerprint density at radius 2 is 1.79 bits per heavy atom. The van der Waals surface area contributed by atoms with E-state index in [9.17, 15) is 9.59 Å². The Morgan fingerprint density at radius 3 is 2.46 bits per heavy atom. The third-order valence-corrected chi connectivity index (χ3v) is 4.24. The van der Waals surface area contributed by atoms with Crippen LogP contribution in [-0.2, 0) is 4.79 Å². The van der Waals surface area contributed by atoms with E-state index in [1.54, 1.807) is 22.1 Å². The van der Waals surface area contributed by atoms with Crippen LogP contribution in [0.4, 0.5) is 11.4 Å². The van der Waals surface area contributed by atoms with Gasteiger partial charge in [-0.05, 0) is 24.3 Å². The van der Waals surface area contributed by atoms with Crippen molar-refractivity contribution in [3.63, 3.8) is 0 Å². The van der Waals surface area contributed by atoms with E-state index < -0.39 is 0 Å². The highest BCUT2D eigenvalue weighted by atomic mass is 16.2. The molecule has 1 aliphatic heterocycles. The minimum atomic E-state index is -0.0936. The Kier molecular flexibility index (Phi) is 4.74. The van der Waals surface area contributed by atoms with Gasteiger partial charge in [-0.1, -0.05) is 18.2 Å². The lowest BCUT2D eigenvalue weighted by molar-refractivity contribution is -0.119. The van der Waals surface area contributed by atoms with E-state index in [4.69, 9.17) is 0 Å². The first-order valence-electron chi connectivity index (χ1n) is 7.92. The fourth-order valence-electron chi connectivity index (χ4n) is 2.74. The molecule has 1 fully saturated rings. The van der Waals surface area contributed by atoms with Crippen LogP contribution in [0.25, 0.3) is 0 Å². The molecule has 1 aromatic heterocycles. The standard InChI is InChI=1S/C18H20N4O2/c1-20(15-5-3-2-4-6-15)16-7-8-19-17(13-16)18(24)22-11-9-21(14-23)10-12-22/h2-8,13-14H,9-12H2,1H3. The number of anilines is 2. The number of benzene rings is 1. The fourth-order valence-corrected chi connectivity index (χ4v) is 2.74. The van der Waals surface area contributed by atoms with Gasteiger partial charge in [-0.2, -0.15) is 0 Å². The molecule has 3 rings (SSSR count). The minimum absolute atomic E-state index is 0.0936. The lowest BCUT2D eigenvalue weighted by atomic mass is 10.2. The second kappa shape index (κ2) is 7.12. The van der Waals surface area contributed by atoms with Crippen molar-refractivity contribution in [3.05, 3.63) is 54.4 Å². The second-order valence-electron chi connectivity index (χ2n) is 5.73. The Balaban J connectivity index is 1.75. The van der Waals surface area contributed by atoms with Crippen LogP contribution in [0.5, 0.6) is 0 Å². The number of nitrogens with zero attached hydrogens (tertiary/aromatic N) is 4. The lowest BCUT2D eigenvalue weighted by Gasteiger charge is -2.32. The molecule has 0 radical (unpaired) electrons. The Hall–Kier alpha value is -2.89. The van der Waals surface area contributed by atoms with E-state index in [2.05, 4.69) is 4.98 Å². The molecule has 0 N–H and O–H groups in total. The molecule has 6 nitrogen and oxygen atoms in total. The Bertz CT molecular complexity index is 712. The monoisotopic (exact) mass is 324 g/mol. The number of hydrogen-bond acceptors (Lipinski definition) is 4. The summed E-state index contributed by atoms with van der Waals surface area (Å²) in [5, 5.41) is 0. The van der Waals surface area contributed by atoms with Crippen molar-refractivity contribution >= 4 is 23.7 Å². The predicted molar refractivity (Wildman–Crippen MR) is 92.3 cm³/mol.